The number of carbonyl (C=O) groups excluding carboxylic acids is 2. The highest BCUT2D eigenvalue weighted by molar-refractivity contribution is 9.10. The molecule has 4 rings (SSSR count). The van der Waals surface area contributed by atoms with Crippen molar-refractivity contribution in [3.63, 3.8) is 0 Å². The fraction of sp³-hybridized carbons (Fsp3) is 0.250. The Bertz CT molecular complexity index is 1040. The van der Waals surface area contributed by atoms with Crippen molar-refractivity contribution >= 4 is 44.9 Å². The SMILES string of the molecule is CC1(C)c2[nH]nc(NC(=O)c3cccc(Br)c3)c2CN1C(=O)Cc1cccs1. The normalized spacial score (nSPS) is 14.8. The second-order valence-corrected chi connectivity index (χ2v) is 9.13. The Labute approximate surface area is 175 Å². The average molecular weight is 459 g/mol. The lowest BCUT2D eigenvalue weighted by molar-refractivity contribution is -0.135. The van der Waals surface area contributed by atoms with Gasteiger partial charge in [-0.25, -0.2) is 0 Å². The standard InChI is InChI=1S/C20H19BrN4O2S/c1-20(2)17-15(11-25(20)16(26)10-14-7-4-8-28-14)18(24-23-17)22-19(27)12-5-3-6-13(21)9-12/h3-9H,10-11H2,1-2H3,(H2,22,23,24,27). The third-order valence-electron chi connectivity index (χ3n) is 5.00. The van der Waals surface area contributed by atoms with Gasteiger partial charge in [0, 0.05) is 20.5 Å². The van der Waals surface area contributed by atoms with Gasteiger partial charge >= 0.3 is 0 Å². The number of aromatic nitrogens is 2. The molecule has 0 bridgehead atoms. The summed E-state index contributed by atoms with van der Waals surface area (Å²) < 4.78 is 0.832. The minimum Gasteiger partial charge on any atom is -0.327 e. The van der Waals surface area contributed by atoms with E-state index >= 15 is 0 Å². The third-order valence-corrected chi connectivity index (χ3v) is 6.36. The average Bonchev–Trinajstić information content (AvgIpc) is 3.34. The van der Waals surface area contributed by atoms with E-state index < -0.39 is 5.54 Å². The summed E-state index contributed by atoms with van der Waals surface area (Å²) in [5.74, 6) is 0.289. The molecular weight excluding hydrogens is 440 g/mol. The first-order chi connectivity index (χ1) is 13.4. The molecule has 0 saturated heterocycles. The molecule has 8 heteroatoms. The number of thiophene rings is 1. The highest BCUT2D eigenvalue weighted by atomic mass is 79.9. The van der Waals surface area contributed by atoms with E-state index in [-0.39, 0.29) is 11.8 Å². The minimum atomic E-state index is -0.518. The smallest absolute Gasteiger partial charge is 0.256 e. The van der Waals surface area contributed by atoms with E-state index in [4.69, 9.17) is 0 Å². The lowest BCUT2D eigenvalue weighted by atomic mass is 10.0. The van der Waals surface area contributed by atoms with E-state index in [2.05, 4.69) is 31.4 Å². The number of fused-ring (bicyclic) bond motifs is 1. The number of H-pyrrole nitrogens is 1. The molecule has 0 atom stereocenters. The number of nitrogens with one attached hydrogen (secondary N) is 2. The molecule has 28 heavy (non-hydrogen) atoms. The Morgan fingerprint density at radius 2 is 2.14 bits per heavy atom. The van der Waals surface area contributed by atoms with Crippen LogP contribution in [-0.4, -0.2) is 26.9 Å². The molecule has 2 aromatic heterocycles. The predicted octanol–water partition coefficient (Wildman–Crippen LogP) is 4.31. The molecule has 0 unspecified atom stereocenters. The number of carbonyl (C=O) groups is 2. The first kappa shape index (κ1) is 18.9. The van der Waals surface area contributed by atoms with Gasteiger partial charge in [-0.1, -0.05) is 28.1 Å². The monoisotopic (exact) mass is 458 g/mol. The number of hydrogen-bond donors (Lipinski definition) is 2. The van der Waals surface area contributed by atoms with Gasteiger partial charge in [-0.05, 0) is 43.5 Å². The van der Waals surface area contributed by atoms with Gasteiger partial charge in [-0.15, -0.1) is 11.3 Å². The van der Waals surface area contributed by atoms with Crippen LogP contribution in [0.3, 0.4) is 0 Å². The van der Waals surface area contributed by atoms with E-state index in [1.165, 1.54) is 0 Å². The largest absolute Gasteiger partial charge is 0.327 e. The summed E-state index contributed by atoms with van der Waals surface area (Å²) in [6, 6.07) is 11.1. The zero-order valence-electron chi connectivity index (χ0n) is 15.5. The van der Waals surface area contributed by atoms with Crippen molar-refractivity contribution in [2.75, 3.05) is 5.32 Å². The lowest BCUT2D eigenvalue weighted by Gasteiger charge is -2.31. The van der Waals surface area contributed by atoms with Crippen LogP contribution in [0.5, 0.6) is 0 Å². The summed E-state index contributed by atoms with van der Waals surface area (Å²) >= 11 is 4.95. The molecule has 0 aliphatic carbocycles. The minimum absolute atomic E-state index is 0.0568. The van der Waals surface area contributed by atoms with Gasteiger partial charge in [0.05, 0.1) is 24.2 Å². The molecule has 6 nitrogen and oxygen atoms in total. The number of halogens is 1. The molecule has 3 heterocycles. The zero-order valence-corrected chi connectivity index (χ0v) is 17.9. The van der Waals surface area contributed by atoms with Crippen molar-refractivity contribution in [1.82, 2.24) is 15.1 Å². The van der Waals surface area contributed by atoms with Crippen LogP contribution >= 0.6 is 27.3 Å². The molecular formula is C20H19BrN4O2S. The Balaban J connectivity index is 1.55. The molecule has 3 aromatic rings. The topological polar surface area (TPSA) is 78.1 Å². The van der Waals surface area contributed by atoms with Gasteiger partial charge in [-0.2, -0.15) is 5.10 Å². The second-order valence-electron chi connectivity index (χ2n) is 7.19. The summed E-state index contributed by atoms with van der Waals surface area (Å²) in [5.41, 5.74) is 1.73. The third kappa shape index (κ3) is 3.38. The van der Waals surface area contributed by atoms with Crippen molar-refractivity contribution in [2.24, 2.45) is 0 Å². The molecule has 0 spiro atoms. The Morgan fingerprint density at radius 3 is 2.86 bits per heavy atom. The van der Waals surface area contributed by atoms with Gasteiger partial charge in [0.2, 0.25) is 5.91 Å². The summed E-state index contributed by atoms with van der Waals surface area (Å²) in [4.78, 5) is 28.4. The summed E-state index contributed by atoms with van der Waals surface area (Å²) in [7, 11) is 0. The van der Waals surface area contributed by atoms with Crippen molar-refractivity contribution in [1.29, 1.82) is 0 Å². The van der Waals surface area contributed by atoms with Crippen LogP contribution in [0.1, 0.15) is 40.3 Å². The number of hydrogen-bond acceptors (Lipinski definition) is 4. The Morgan fingerprint density at radius 1 is 1.32 bits per heavy atom. The van der Waals surface area contributed by atoms with Gasteiger partial charge in [0.25, 0.3) is 5.91 Å². The molecule has 2 amide bonds. The van der Waals surface area contributed by atoms with Gasteiger partial charge in [0.15, 0.2) is 5.82 Å². The quantitative estimate of drug-likeness (QED) is 0.611. The van der Waals surface area contributed by atoms with E-state index in [0.717, 1.165) is 20.6 Å². The van der Waals surface area contributed by atoms with Crippen LogP contribution < -0.4 is 5.32 Å². The van der Waals surface area contributed by atoms with Crippen LogP contribution in [0.15, 0.2) is 46.3 Å². The van der Waals surface area contributed by atoms with Gasteiger partial charge in [0.1, 0.15) is 0 Å². The molecule has 1 aliphatic heterocycles. The highest BCUT2D eigenvalue weighted by Crippen LogP contribution is 2.41. The Kier molecular flexibility index (Phi) is 4.84. The molecule has 144 valence electrons. The lowest BCUT2D eigenvalue weighted by Crippen LogP contribution is -2.41. The summed E-state index contributed by atoms with van der Waals surface area (Å²) in [5, 5.41) is 12.2. The molecule has 1 aromatic carbocycles. The number of rotatable bonds is 4. The summed E-state index contributed by atoms with van der Waals surface area (Å²) in [6.45, 7) is 4.39. The first-order valence-electron chi connectivity index (χ1n) is 8.84. The summed E-state index contributed by atoms with van der Waals surface area (Å²) in [6.07, 6.45) is 0.374. The first-order valence-corrected chi connectivity index (χ1v) is 10.5. The van der Waals surface area contributed by atoms with Crippen LogP contribution in [-0.2, 0) is 23.3 Å². The van der Waals surface area contributed by atoms with Crippen molar-refractivity contribution in [2.45, 2.75) is 32.4 Å². The molecule has 2 N–H and O–H groups in total. The fourth-order valence-electron chi connectivity index (χ4n) is 3.49. The maximum atomic E-state index is 12.9. The second kappa shape index (κ2) is 7.18. The van der Waals surface area contributed by atoms with E-state index in [9.17, 15) is 9.59 Å². The van der Waals surface area contributed by atoms with Gasteiger partial charge in [-0.3, -0.25) is 14.7 Å². The van der Waals surface area contributed by atoms with Crippen LogP contribution in [0.4, 0.5) is 5.82 Å². The molecule has 0 saturated carbocycles. The maximum absolute atomic E-state index is 12.9. The van der Waals surface area contributed by atoms with Crippen LogP contribution in [0.25, 0.3) is 0 Å². The van der Waals surface area contributed by atoms with E-state index in [1.807, 2.05) is 48.4 Å². The Hall–Kier alpha value is -2.45. The molecule has 0 radical (unpaired) electrons. The van der Waals surface area contributed by atoms with Gasteiger partial charge < -0.3 is 10.2 Å². The van der Waals surface area contributed by atoms with Crippen LogP contribution in [0, 0.1) is 0 Å². The number of benzene rings is 1. The maximum Gasteiger partial charge on any atom is 0.256 e. The van der Waals surface area contributed by atoms with Crippen LogP contribution in [0.2, 0.25) is 0 Å². The number of aromatic amines is 1. The highest BCUT2D eigenvalue weighted by Gasteiger charge is 2.43. The number of amides is 2. The van der Waals surface area contributed by atoms with Crippen molar-refractivity contribution in [3.8, 4) is 0 Å². The van der Waals surface area contributed by atoms with E-state index in [1.54, 1.807) is 23.5 Å². The van der Waals surface area contributed by atoms with E-state index in [0.29, 0.717) is 24.3 Å². The molecule has 1 aliphatic rings. The van der Waals surface area contributed by atoms with Crippen molar-refractivity contribution in [3.05, 3.63) is 67.9 Å². The fourth-order valence-corrected chi connectivity index (χ4v) is 4.58. The molecule has 0 fully saturated rings. The number of nitrogens with zero attached hydrogens (tertiary/aromatic N) is 2. The predicted molar refractivity (Wildman–Crippen MR) is 112 cm³/mol. The van der Waals surface area contributed by atoms with Crippen molar-refractivity contribution < 1.29 is 9.59 Å². The zero-order chi connectivity index (χ0) is 19.9. The number of anilines is 1.